The molecule has 0 radical (unpaired) electrons. The number of rotatable bonds is 7. The first-order valence-corrected chi connectivity index (χ1v) is 10.9. The zero-order valence-electron chi connectivity index (χ0n) is 19.4. The monoisotopic (exact) mass is 493 g/mol. The van der Waals surface area contributed by atoms with Crippen LogP contribution in [0.1, 0.15) is 21.7 Å². The summed E-state index contributed by atoms with van der Waals surface area (Å²) in [6, 6.07) is 21.4. The molecule has 1 aromatic heterocycles. The lowest BCUT2D eigenvalue weighted by Gasteiger charge is -2.12. The maximum absolute atomic E-state index is 12.5. The summed E-state index contributed by atoms with van der Waals surface area (Å²) < 4.78 is 41.2. The predicted octanol–water partition coefficient (Wildman–Crippen LogP) is 6.73. The van der Waals surface area contributed by atoms with E-state index in [0.717, 1.165) is 23.4 Å². The van der Waals surface area contributed by atoms with E-state index >= 15 is 0 Å². The van der Waals surface area contributed by atoms with Crippen LogP contribution in [0.25, 0.3) is 0 Å². The minimum atomic E-state index is -4.84. The number of halogens is 3. The van der Waals surface area contributed by atoms with Gasteiger partial charge >= 0.3 is 6.36 Å². The summed E-state index contributed by atoms with van der Waals surface area (Å²) in [7, 11) is 0. The average molecular weight is 493 g/mol. The summed E-state index contributed by atoms with van der Waals surface area (Å²) in [4.78, 5) is 21.3. The van der Waals surface area contributed by atoms with Crippen molar-refractivity contribution in [2.24, 2.45) is 0 Å². The van der Waals surface area contributed by atoms with Crippen molar-refractivity contribution in [1.82, 2.24) is 9.97 Å². The Bertz CT molecular complexity index is 1360. The standard InChI is InChI=1S/C26H22F3N5O2/c1-16-6-8-19(9-7-16)32-23-15-24(31-17(2)30-23)33-20-10-12-21(13-11-20)34-25(35)18-4-3-5-22(14-18)36-26(27,28)29/h3-15H,1-2H3,(H,34,35)(H2,30,31,32,33). The Labute approximate surface area is 205 Å². The van der Waals surface area contributed by atoms with Crippen LogP contribution in [0.3, 0.4) is 0 Å². The normalized spacial score (nSPS) is 11.0. The summed E-state index contributed by atoms with van der Waals surface area (Å²) in [6.45, 7) is 3.81. The van der Waals surface area contributed by atoms with Crippen molar-refractivity contribution < 1.29 is 22.7 Å². The minimum absolute atomic E-state index is 0.0315. The maximum Gasteiger partial charge on any atom is 0.573 e. The number of carbonyl (C=O) groups excluding carboxylic acids is 1. The van der Waals surface area contributed by atoms with Gasteiger partial charge in [-0.25, -0.2) is 9.97 Å². The highest BCUT2D eigenvalue weighted by molar-refractivity contribution is 6.04. The first-order valence-electron chi connectivity index (χ1n) is 10.9. The van der Waals surface area contributed by atoms with Gasteiger partial charge in [-0.05, 0) is 68.4 Å². The van der Waals surface area contributed by atoms with Crippen molar-refractivity contribution in [1.29, 1.82) is 0 Å². The van der Waals surface area contributed by atoms with Crippen LogP contribution in [-0.2, 0) is 0 Å². The molecule has 0 spiro atoms. The second-order valence-electron chi connectivity index (χ2n) is 7.91. The lowest BCUT2D eigenvalue weighted by molar-refractivity contribution is -0.274. The smallest absolute Gasteiger partial charge is 0.406 e. The second kappa shape index (κ2) is 10.3. The van der Waals surface area contributed by atoms with Crippen molar-refractivity contribution in [2.75, 3.05) is 16.0 Å². The Morgan fingerprint density at radius 2 is 1.33 bits per heavy atom. The van der Waals surface area contributed by atoms with Crippen molar-refractivity contribution >= 4 is 34.6 Å². The Hall–Kier alpha value is -4.60. The largest absolute Gasteiger partial charge is 0.573 e. The zero-order valence-corrected chi connectivity index (χ0v) is 19.4. The molecule has 4 aromatic rings. The zero-order chi connectivity index (χ0) is 25.7. The third kappa shape index (κ3) is 6.95. The Morgan fingerprint density at radius 3 is 1.92 bits per heavy atom. The number of amides is 1. The van der Waals surface area contributed by atoms with Gasteiger partial charge in [0.2, 0.25) is 0 Å². The summed E-state index contributed by atoms with van der Waals surface area (Å²) in [6.07, 6.45) is -4.84. The van der Waals surface area contributed by atoms with Crippen LogP contribution in [0.2, 0.25) is 0 Å². The lowest BCUT2D eigenvalue weighted by atomic mass is 10.2. The molecule has 0 bridgehead atoms. The number of benzene rings is 3. The maximum atomic E-state index is 12.5. The van der Waals surface area contributed by atoms with E-state index in [1.54, 1.807) is 37.3 Å². The lowest BCUT2D eigenvalue weighted by Crippen LogP contribution is -2.18. The van der Waals surface area contributed by atoms with E-state index in [0.29, 0.717) is 28.8 Å². The first kappa shape index (κ1) is 24.5. The first-order chi connectivity index (χ1) is 17.1. The SMILES string of the molecule is Cc1ccc(Nc2cc(Nc3ccc(NC(=O)c4cccc(OC(F)(F)F)c4)cc3)nc(C)n2)cc1. The van der Waals surface area contributed by atoms with Crippen LogP contribution >= 0.6 is 0 Å². The summed E-state index contributed by atoms with van der Waals surface area (Å²) >= 11 is 0. The summed E-state index contributed by atoms with van der Waals surface area (Å²) in [5.41, 5.74) is 3.27. The van der Waals surface area contributed by atoms with Gasteiger partial charge in [-0.15, -0.1) is 13.2 Å². The van der Waals surface area contributed by atoms with Crippen LogP contribution in [0.4, 0.5) is 41.9 Å². The Morgan fingerprint density at radius 1 is 0.778 bits per heavy atom. The molecule has 3 aromatic carbocycles. The molecule has 4 rings (SSSR count). The molecule has 0 aliphatic heterocycles. The summed E-state index contributed by atoms with van der Waals surface area (Å²) in [5.74, 6) is 0.757. The van der Waals surface area contributed by atoms with Gasteiger partial charge in [-0.3, -0.25) is 4.79 Å². The molecule has 1 amide bonds. The third-order valence-electron chi connectivity index (χ3n) is 4.91. The van der Waals surface area contributed by atoms with Gasteiger partial charge in [0.1, 0.15) is 23.2 Å². The van der Waals surface area contributed by atoms with E-state index in [4.69, 9.17) is 0 Å². The number of aromatic nitrogens is 2. The van der Waals surface area contributed by atoms with Crippen molar-refractivity contribution in [3.63, 3.8) is 0 Å². The topological polar surface area (TPSA) is 88.2 Å². The highest BCUT2D eigenvalue weighted by Crippen LogP contribution is 2.25. The molecule has 184 valence electrons. The molecule has 0 saturated carbocycles. The Balaban J connectivity index is 1.40. The van der Waals surface area contributed by atoms with Gasteiger partial charge in [0.05, 0.1) is 0 Å². The number of hydrogen-bond acceptors (Lipinski definition) is 6. The molecule has 0 saturated heterocycles. The molecule has 36 heavy (non-hydrogen) atoms. The minimum Gasteiger partial charge on any atom is -0.406 e. The quantitative estimate of drug-likeness (QED) is 0.265. The van der Waals surface area contributed by atoms with Crippen LogP contribution in [-0.4, -0.2) is 22.2 Å². The van der Waals surface area contributed by atoms with E-state index < -0.39 is 18.0 Å². The van der Waals surface area contributed by atoms with Gasteiger partial charge in [0.25, 0.3) is 5.91 Å². The molecule has 1 heterocycles. The number of ether oxygens (including phenoxy) is 1. The van der Waals surface area contributed by atoms with Gasteiger partial charge in [0.15, 0.2) is 0 Å². The summed E-state index contributed by atoms with van der Waals surface area (Å²) in [5, 5.41) is 9.10. The number of alkyl halides is 3. The fraction of sp³-hybridized carbons (Fsp3) is 0.115. The number of nitrogens with zero attached hydrogens (tertiary/aromatic N) is 2. The molecular weight excluding hydrogens is 471 g/mol. The fourth-order valence-electron chi connectivity index (χ4n) is 3.30. The van der Waals surface area contributed by atoms with Crippen LogP contribution in [0, 0.1) is 13.8 Å². The van der Waals surface area contributed by atoms with Crippen molar-refractivity contribution in [3.8, 4) is 5.75 Å². The molecule has 3 N–H and O–H groups in total. The van der Waals surface area contributed by atoms with E-state index in [-0.39, 0.29) is 5.56 Å². The van der Waals surface area contributed by atoms with Gasteiger partial charge in [-0.2, -0.15) is 0 Å². The number of aryl methyl sites for hydroxylation is 2. The van der Waals surface area contributed by atoms with Crippen molar-refractivity contribution in [2.45, 2.75) is 20.2 Å². The van der Waals surface area contributed by atoms with Gasteiger partial charge < -0.3 is 20.7 Å². The molecule has 7 nitrogen and oxygen atoms in total. The Kier molecular flexibility index (Phi) is 7.05. The van der Waals surface area contributed by atoms with Crippen molar-refractivity contribution in [3.05, 3.63) is 95.8 Å². The number of carbonyl (C=O) groups is 1. The molecular formula is C26H22F3N5O2. The van der Waals surface area contributed by atoms with Gasteiger partial charge in [-0.1, -0.05) is 23.8 Å². The molecule has 0 atom stereocenters. The van der Waals surface area contributed by atoms with E-state index in [2.05, 4.69) is 30.7 Å². The molecule has 10 heteroatoms. The van der Waals surface area contributed by atoms with Crippen LogP contribution < -0.4 is 20.7 Å². The van der Waals surface area contributed by atoms with E-state index in [1.807, 2.05) is 31.2 Å². The van der Waals surface area contributed by atoms with Crippen LogP contribution in [0.15, 0.2) is 78.9 Å². The number of nitrogens with one attached hydrogen (secondary N) is 3. The molecule has 0 unspecified atom stereocenters. The third-order valence-corrected chi connectivity index (χ3v) is 4.91. The molecule has 0 aliphatic carbocycles. The number of anilines is 5. The van der Waals surface area contributed by atoms with Gasteiger partial charge in [0, 0.05) is 28.7 Å². The van der Waals surface area contributed by atoms with E-state index in [1.165, 1.54) is 12.1 Å². The molecule has 0 fully saturated rings. The predicted molar refractivity (Wildman–Crippen MR) is 132 cm³/mol. The van der Waals surface area contributed by atoms with Crippen LogP contribution in [0.5, 0.6) is 5.75 Å². The highest BCUT2D eigenvalue weighted by Gasteiger charge is 2.31. The van der Waals surface area contributed by atoms with E-state index in [9.17, 15) is 18.0 Å². The highest BCUT2D eigenvalue weighted by atomic mass is 19.4. The second-order valence-corrected chi connectivity index (χ2v) is 7.91. The number of hydrogen-bond donors (Lipinski definition) is 3. The molecule has 0 aliphatic rings. The fourth-order valence-corrected chi connectivity index (χ4v) is 3.30. The average Bonchev–Trinajstić information content (AvgIpc) is 2.80.